The first kappa shape index (κ1) is 22.7. The Kier molecular flexibility index (Phi) is 6.11. The van der Waals surface area contributed by atoms with Crippen molar-refractivity contribution in [3.63, 3.8) is 0 Å². The number of benzene rings is 1. The lowest BCUT2D eigenvalue weighted by molar-refractivity contribution is -0.137. The number of nitrogens with zero attached hydrogens (tertiary/aromatic N) is 6. The number of aromatic nitrogens is 5. The molecule has 0 aliphatic carbocycles. The number of rotatable bonds is 6. The third-order valence-corrected chi connectivity index (χ3v) is 4.14. The summed E-state index contributed by atoms with van der Waals surface area (Å²) in [5.41, 5.74) is -2.76. The minimum absolute atomic E-state index is 0.208. The number of nitriles is 1. The average molecular weight is 445 g/mol. The van der Waals surface area contributed by atoms with E-state index in [-0.39, 0.29) is 23.1 Å². The fraction of sp³-hybridized carbons (Fsp3) is 0.300. The summed E-state index contributed by atoms with van der Waals surface area (Å²) in [4.78, 5) is 24.8. The van der Waals surface area contributed by atoms with Crippen LogP contribution >= 0.6 is 0 Å². The molecule has 1 unspecified atom stereocenters. The number of carbonyl (C=O) groups excluding carboxylic acids is 1. The van der Waals surface area contributed by atoms with Gasteiger partial charge in [0.2, 0.25) is 0 Å². The van der Waals surface area contributed by atoms with Crippen LogP contribution in [0.25, 0.3) is 5.95 Å². The lowest BCUT2D eigenvalue weighted by Gasteiger charge is -2.20. The SMILES string of the molecule is CC(NC(=O)c1cc(OC(C)(C)C#N)cc(C(F)(F)F)c1)c1ncn(-c2ncccn2)n1. The number of alkyl halides is 3. The molecule has 3 rings (SSSR count). The van der Waals surface area contributed by atoms with Gasteiger partial charge in [0.25, 0.3) is 11.9 Å². The molecule has 0 radical (unpaired) electrons. The summed E-state index contributed by atoms with van der Waals surface area (Å²) < 4.78 is 46.6. The summed E-state index contributed by atoms with van der Waals surface area (Å²) >= 11 is 0. The number of carbonyl (C=O) groups is 1. The molecule has 1 aromatic carbocycles. The summed E-state index contributed by atoms with van der Waals surface area (Å²) in [6.07, 6.45) is -0.314. The smallest absolute Gasteiger partial charge is 0.416 e. The molecule has 12 heteroatoms. The molecule has 0 bridgehead atoms. The highest BCUT2D eigenvalue weighted by Gasteiger charge is 2.33. The van der Waals surface area contributed by atoms with Crippen LogP contribution in [-0.2, 0) is 6.18 Å². The van der Waals surface area contributed by atoms with Crippen LogP contribution in [0, 0.1) is 11.3 Å². The van der Waals surface area contributed by atoms with Crippen molar-refractivity contribution in [2.24, 2.45) is 0 Å². The Labute approximate surface area is 180 Å². The molecule has 0 spiro atoms. The van der Waals surface area contributed by atoms with Gasteiger partial charge < -0.3 is 10.1 Å². The second-order valence-electron chi connectivity index (χ2n) is 7.26. The third-order valence-electron chi connectivity index (χ3n) is 4.14. The van der Waals surface area contributed by atoms with E-state index in [4.69, 9.17) is 10.00 Å². The van der Waals surface area contributed by atoms with Gasteiger partial charge in [-0.05, 0) is 45.0 Å². The van der Waals surface area contributed by atoms with Crippen molar-refractivity contribution < 1.29 is 22.7 Å². The van der Waals surface area contributed by atoms with Crippen molar-refractivity contribution in [1.29, 1.82) is 5.26 Å². The fourth-order valence-corrected chi connectivity index (χ4v) is 2.59. The molecule has 166 valence electrons. The summed E-state index contributed by atoms with van der Waals surface area (Å²) in [6.45, 7) is 4.37. The first-order chi connectivity index (χ1) is 15.0. The molecule has 0 aliphatic rings. The molecule has 9 nitrogen and oxygen atoms in total. The van der Waals surface area contributed by atoms with Gasteiger partial charge in [-0.3, -0.25) is 4.79 Å². The highest BCUT2D eigenvalue weighted by atomic mass is 19.4. The maximum atomic E-state index is 13.3. The van der Waals surface area contributed by atoms with E-state index in [2.05, 4.69) is 25.4 Å². The molecule has 2 heterocycles. The van der Waals surface area contributed by atoms with Gasteiger partial charge in [-0.1, -0.05) is 0 Å². The maximum Gasteiger partial charge on any atom is 0.416 e. The van der Waals surface area contributed by atoms with Gasteiger partial charge in [0.05, 0.1) is 11.6 Å². The standard InChI is InChI=1S/C20H18F3N7O2/c1-12(16-27-11-30(29-16)18-25-5-4-6-26-18)28-17(31)13-7-14(20(21,22)23)9-15(8-13)32-19(2,3)10-24/h4-9,11-12H,1-3H3,(H,28,31). The van der Waals surface area contributed by atoms with Crippen LogP contribution in [-0.4, -0.2) is 36.2 Å². The topological polar surface area (TPSA) is 119 Å². The van der Waals surface area contributed by atoms with Crippen LogP contribution in [0.3, 0.4) is 0 Å². The highest BCUT2D eigenvalue weighted by Crippen LogP contribution is 2.33. The van der Waals surface area contributed by atoms with Gasteiger partial charge in [-0.25, -0.2) is 15.0 Å². The third kappa shape index (κ3) is 5.37. The first-order valence-electron chi connectivity index (χ1n) is 9.31. The molecule has 0 saturated heterocycles. The number of amides is 1. The summed E-state index contributed by atoms with van der Waals surface area (Å²) in [5, 5.41) is 15.8. The van der Waals surface area contributed by atoms with E-state index in [1.54, 1.807) is 13.0 Å². The molecule has 0 saturated carbocycles. The van der Waals surface area contributed by atoms with E-state index in [1.165, 1.54) is 37.3 Å². The van der Waals surface area contributed by atoms with E-state index in [0.29, 0.717) is 6.07 Å². The van der Waals surface area contributed by atoms with Crippen molar-refractivity contribution in [2.75, 3.05) is 0 Å². The molecule has 0 aliphatic heterocycles. The Morgan fingerprint density at radius 1 is 1.19 bits per heavy atom. The van der Waals surface area contributed by atoms with Gasteiger partial charge in [0.15, 0.2) is 11.4 Å². The van der Waals surface area contributed by atoms with Crippen LogP contribution in [0.4, 0.5) is 13.2 Å². The van der Waals surface area contributed by atoms with E-state index in [9.17, 15) is 18.0 Å². The predicted molar refractivity (Wildman–Crippen MR) is 105 cm³/mol. The molecule has 1 amide bonds. The molecule has 0 fully saturated rings. The van der Waals surface area contributed by atoms with Crippen LogP contribution in [0.15, 0.2) is 43.0 Å². The lowest BCUT2D eigenvalue weighted by Crippen LogP contribution is -2.29. The van der Waals surface area contributed by atoms with Crippen LogP contribution < -0.4 is 10.1 Å². The average Bonchev–Trinajstić information content (AvgIpc) is 3.24. The summed E-state index contributed by atoms with van der Waals surface area (Å²) in [6, 6.07) is 5.32. The lowest BCUT2D eigenvalue weighted by atomic mass is 10.1. The molecule has 32 heavy (non-hydrogen) atoms. The number of hydrogen-bond donors (Lipinski definition) is 1. The largest absolute Gasteiger partial charge is 0.473 e. The zero-order valence-corrected chi connectivity index (χ0v) is 17.3. The fourth-order valence-electron chi connectivity index (χ4n) is 2.59. The Hall–Kier alpha value is -4.01. The van der Waals surface area contributed by atoms with Crippen molar-refractivity contribution >= 4 is 5.91 Å². The predicted octanol–water partition coefficient (Wildman–Crippen LogP) is 3.25. The molecule has 3 aromatic rings. The Balaban J connectivity index is 1.83. The van der Waals surface area contributed by atoms with Gasteiger partial charge in [0.1, 0.15) is 18.1 Å². The molecule has 1 N–H and O–H groups in total. The number of hydrogen-bond acceptors (Lipinski definition) is 7. The van der Waals surface area contributed by atoms with Gasteiger partial charge in [-0.15, -0.1) is 5.10 Å². The number of ether oxygens (including phenoxy) is 1. The van der Waals surface area contributed by atoms with Crippen LogP contribution in [0.2, 0.25) is 0 Å². The quantitative estimate of drug-likeness (QED) is 0.619. The van der Waals surface area contributed by atoms with Crippen LogP contribution in [0.5, 0.6) is 5.75 Å². The van der Waals surface area contributed by atoms with Crippen molar-refractivity contribution in [1.82, 2.24) is 30.0 Å². The monoisotopic (exact) mass is 445 g/mol. The molecular weight excluding hydrogens is 427 g/mol. The van der Waals surface area contributed by atoms with E-state index >= 15 is 0 Å². The highest BCUT2D eigenvalue weighted by molar-refractivity contribution is 5.95. The van der Waals surface area contributed by atoms with Crippen molar-refractivity contribution in [3.8, 4) is 17.8 Å². The molecule has 2 aromatic heterocycles. The second kappa shape index (κ2) is 8.62. The maximum absolute atomic E-state index is 13.3. The number of nitrogens with one attached hydrogen (secondary N) is 1. The summed E-state index contributed by atoms with van der Waals surface area (Å²) in [7, 11) is 0. The Morgan fingerprint density at radius 2 is 1.88 bits per heavy atom. The van der Waals surface area contributed by atoms with Gasteiger partial charge in [-0.2, -0.15) is 23.1 Å². The van der Waals surface area contributed by atoms with E-state index in [1.807, 2.05) is 6.07 Å². The normalized spacial score (nSPS) is 12.7. The van der Waals surface area contributed by atoms with Crippen LogP contribution in [0.1, 0.15) is 48.6 Å². The Morgan fingerprint density at radius 3 is 2.50 bits per heavy atom. The van der Waals surface area contributed by atoms with Gasteiger partial charge in [0, 0.05) is 18.0 Å². The van der Waals surface area contributed by atoms with Crippen molar-refractivity contribution in [3.05, 3.63) is 59.9 Å². The summed E-state index contributed by atoms with van der Waals surface area (Å²) in [5.74, 6) is -0.576. The minimum Gasteiger partial charge on any atom is -0.473 e. The first-order valence-corrected chi connectivity index (χ1v) is 9.31. The van der Waals surface area contributed by atoms with E-state index < -0.39 is 29.3 Å². The molecule has 1 atom stereocenters. The van der Waals surface area contributed by atoms with E-state index in [0.717, 1.165) is 12.1 Å². The van der Waals surface area contributed by atoms with Crippen molar-refractivity contribution in [2.45, 2.75) is 38.6 Å². The van der Waals surface area contributed by atoms with Gasteiger partial charge >= 0.3 is 6.18 Å². The minimum atomic E-state index is -4.72. The zero-order valence-electron chi connectivity index (χ0n) is 17.3. The number of halogens is 3. The zero-order chi connectivity index (χ0) is 23.5. The molecular formula is C20H18F3N7O2. The second-order valence-corrected chi connectivity index (χ2v) is 7.26. The Bertz CT molecular complexity index is 1150.